The van der Waals surface area contributed by atoms with Crippen molar-refractivity contribution in [1.82, 2.24) is 0 Å². The van der Waals surface area contributed by atoms with E-state index in [-0.39, 0.29) is 0 Å². The lowest BCUT2D eigenvalue weighted by Crippen LogP contribution is -2.75. The van der Waals surface area contributed by atoms with Gasteiger partial charge in [-0.15, -0.1) is 0 Å². The average Bonchev–Trinajstić information content (AvgIpc) is 3.25. The number of rotatable bonds is 8. The van der Waals surface area contributed by atoms with E-state index < -0.39 is 195 Å². The molecule has 0 saturated heterocycles. The van der Waals surface area contributed by atoms with Crippen molar-refractivity contribution < 1.29 is 110 Å². The van der Waals surface area contributed by atoms with Gasteiger partial charge in [0.1, 0.15) is 6.15 Å². The van der Waals surface area contributed by atoms with Crippen molar-refractivity contribution in [2.75, 3.05) is 0 Å². The highest BCUT2D eigenvalue weighted by atomic mass is 19.4. The summed E-state index contributed by atoms with van der Waals surface area (Å²) in [5.74, 6) is 0. The molecule has 0 bridgehead atoms. The molecule has 1 heterocycles. The van der Waals surface area contributed by atoms with Gasteiger partial charge in [-0.3, -0.25) is 0 Å². The molecule has 5 aromatic carbocycles. The first kappa shape index (κ1) is 57.5. The quantitative estimate of drug-likeness (QED) is 0.0812. The highest BCUT2D eigenvalue weighted by molar-refractivity contribution is 7.20. The van der Waals surface area contributed by atoms with Gasteiger partial charge >= 0.3 is 49.4 Å². The van der Waals surface area contributed by atoms with E-state index in [0.29, 0.717) is 0 Å². The van der Waals surface area contributed by atoms with Crippen LogP contribution in [-0.4, -0.2) is 6.15 Å². The van der Waals surface area contributed by atoms with Gasteiger partial charge < -0.3 is 0 Å². The molecule has 394 valence electrons. The third-order valence-electron chi connectivity index (χ3n) is 11.1. The second-order valence-corrected chi connectivity index (χ2v) is 16.3. The van der Waals surface area contributed by atoms with Crippen molar-refractivity contribution in [2.24, 2.45) is 0 Å². The van der Waals surface area contributed by atoms with Gasteiger partial charge in [0, 0.05) is 17.7 Å². The zero-order valence-electron chi connectivity index (χ0n) is 36.3. The number of pyridine rings is 1. The molecule has 0 radical (unpaired) electrons. The fourth-order valence-electron chi connectivity index (χ4n) is 7.91. The summed E-state index contributed by atoms with van der Waals surface area (Å²) in [6, 6.07) is 6.16. The molecular formula is C47H30BF24N. The zero-order chi connectivity index (χ0) is 55.1. The van der Waals surface area contributed by atoms with Crippen molar-refractivity contribution in [1.29, 1.82) is 0 Å². The molecule has 26 heteroatoms. The Morgan fingerprint density at radius 2 is 0.548 bits per heavy atom. The highest BCUT2D eigenvalue weighted by Gasteiger charge is 2.47. The van der Waals surface area contributed by atoms with Crippen LogP contribution in [-0.2, 0) is 62.4 Å². The molecule has 0 N–H and O–H groups in total. The van der Waals surface area contributed by atoms with Gasteiger partial charge in [0.25, 0.3) is 0 Å². The normalized spacial score (nSPS) is 13.4. The van der Waals surface area contributed by atoms with Gasteiger partial charge in [-0.1, -0.05) is 92.2 Å². The first-order chi connectivity index (χ1) is 33.1. The molecule has 0 spiro atoms. The molecule has 0 aliphatic rings. The van der Waals surface area contributed by atoms with Crippen molar-refractivity contribution in [3.63, 3.8) is 0 Å². The third-order valence-corrected chi connectivity index (χ3v) is 11.1. The van der Waals surface area contributed by atoms with Crippen LogP contribution in [0.4, 0.5) is 105 Å². The second kappa shape index (κ2) is 20.2. The van der Waals surface area contributed by atoms with Crippen molar-refractivity contribution in [2.45, 2.75) is 75.7 Å². The molecule has 1 nitrogen and oxygen atoms in total. The van der Waals surface area contributed by atoms with Crippen molar-refractivity contribution in [3.8, 4) is 0 Å². The van der Waals surface area contributed by atoms with E-state index in [9.17, 15) is 105 Å². The molecule has 0 amide bonds. The Kier molecular flexibility index (Phi) is 15.9. The van der Waals surface area contributed by atoms with E-state index in [4.69, 9.17) is 0 Å². The molecule has 73 heavy (non-hydrogen) atoms. The maximum absolute atomic E-state index is 14.2. The smallest absolute Gasteiger partial charge is 0.201 e. The minimum atomic E-state index is -6.13. The molecule has 0 fully saturated rings. The van der Waals surface area contributed by atoms with Gasteiger partial charge in [-0.2, -0.15) is 127 Å². The number of aromatic nitrogens is 1. The number of aryl methyl sites for hydroxylation is 1. The van der Waals surface area contributed by atoms with E-state index in [0.717, 1.165) is 6.54 Å². The third kappa shape index (κ3) is 13.8. The van der Waals surface area contributed by atoms with Crippen LogP contribution in [0, 0.1) is 0 Å². The SMILES string of the molecule is CCCc1cc[n+](Cc2ccccc2)cc1.FC(F)(F)c1cc([B-](c2cc(C(F)(F)F)cc(C(F)(F)F)c2)(c2cc(C(F)(F)F)cc(C(F)(F)F)c2)c2cc(C(F)(F)F)cc(C(F)(F)F)c2)cc(C(F)(F)F)c1. The topological polar surface area (TPSA) is 3.88 Å². The standard InChI is InChI=1S/C32H12BF24.C15H18N/c34-25(35,36)13-1-14(26(37,38)39)6-21(5-13)33(22-7-15(27(40,41)42)2-16(8-22)28(43,44)45,23-9-17(29(46,47)48)3-18(10-23)30(49,50)51)24-11-19(31(52,53)54)4-20(12-24)32(55,56)57;1-2-6-14-9-11-16(12-10-14)13-15-7-4-3-5-8-15/h1-12H;3-5,7-12H,2,6,13H2,1H3/q-1;+1. The minimum absolute atomic E-state index is 0.691. The Bertz CT molecular complexity index is 2430. The Morgan fingerprint density at radius 1 is 0.315 bits per heavy atom. The highest BCUT2D eigenvalue weighted by Crippen LogP contribution is 2.41. The van der Waals surface area contributed by atoms with Gasteiger partial charge in [0.2, 0.25) is 0 Å². The van der Waals surface area contributed by atoms with E-state index in [1.165, 1.54) is 24.0 Å². The summed E-state index contributed by atoms with van der Waals surface area (Å²) in [6.07, 6.45) is -48.1. The monoisotopic (exact) mass is 1080 g/mol. The van der Waals surface area contributed by atoms with Crippen LogP contribution in [0.25, 0.3) is 0 Å². The molecule has 0 atom stereocenters. The Morgan fingerprint density at radius 3 is 0.753 bits per heavy atom. The summed E-state index contributed by atoms with van der Waals surface area (Å²) in [6.45, 7) is 3.16. The Balaban J connectivity index is 0.000000520. The predicted octanol–water partition coefficient (Wildman–Crippen LogP) is 14.2. The molecule has 1 aromatic heterocycles. The first-order valence-corrected chi connectivity index (χ1v) is 20.5. The Hall–Kier alpha value is -6.37. The maximum Gasteiger partial charge on any atom is 0.416 e. The largest absolute Gasteiger partial charge is 0.416 e. The molecular weight excluding hydrogens is 1050 g/mol. The lowest BCUT2D eigenvalue weighted by atomic mass is 9.12. The molecule has 0 aliphatic carbocycles. The summed E-state index contributed by atoms with van der Waals surface area (Å²) in [5.41, 5.74) is -27.4. The van der Waals surface area contributed by atoms with Gasteiger partial charge in [-0.05, 0) is 36.2 Å². The number of hydrogen-bond donors (Lipinski definition) is 0. The van der Waals surface area contributed by atoms with Gasteiger partial charge in [0.15, 0.2) is 18.9 Å². The summed E-state index contributed by atoms with van der Waals surface area (Å²) in [4.78, 5) is 0. The lowest BCUT2D eigenvalue weighted by Gasteiger charge is -2.46. The lowest BCUT2D eigenvalue weighted by molar-refractivity contribution is -0.688. The fourth-order valence-corrected chi connectivity index (χ4v) is 7.91. The van der Waals surface area contributed by atoms with Crippen LogP contribution in [0.1, 0.15) is 69.0 Å². The maximum atomic E-state index is 14.2. The minimum Gasteiger partial charge on any atom is -0.201 e. The molecule has 0 aliphatic heterocycles. The molecule has 6 rings (SSSR count). The Labute approximate surface area is 396 Å². The number of nitrogens with zero attached hydrogens (tertiary/aromatic N) is 1. The second-order valence-electron chi connectivity index (χ2n) is 16.3. The molecule has 0 unspecified atom stereocenters. The first-order valence-electron chi connectivity index (χ1n) is 20.5. The van der Waals surface area contributed by atoms with Crippen LogP contribution in [0.5, 0.6) is 0 Å². The summed E-state index contributed by atoms with van der Waals surface area (Å²) >= 11 is 0. The summed E-state index contributed by atoms with van der Waals surface area (Å²) in [7, 11) is 0. The van der Waals surface area contributed by atoms with Gasteiger partial charge in [-0.25, -0.2) is 4.57 Å². The van der Waals surface area contributed by atoms with E-state index in [1.807, 2.05) is 0 Å². The number of halogens is 24. The van der Waals surface area contributed by atoms with Crippen LogP contribution in [0.15, 0.2) is 128 Å². The van der Waals surface area contributed by atoms with E-state index in [2.05, 4.69) is 66.3 Å². The number of hydrogen-bond acceptors (Lipinski definition) is 0. The summed E-state index contributed by atoms with van der Waals surface area (Å²) < 4.78 is 343. The van der Waals surface area contributed by atoms with E-state index in [1.54, 1.807) is 0 Å². The van der Waals surface area contributed by atoms with Crippen molar-refractivity contribution in [3.05, 3.63) is 183 Å². The molecule has 6 aromatic rings. The van der Waals surface area contributed by atoms with Crippen LogP contribution in [0.3, 0.4) is 0 Å². The van der Waals surface area contributed by atoms with Crippen molar-refractivity contribution >= 4 is 28.0 Å². The van der Waals surface area contributed by atoms with Gasteiger partial charge in [0.05, 0.1) is 44.5 Å². The van der Waals surface area contributed by atoms with Crippen LogP contribution in [0.2, 0.25) is 0 Å². The van der Waals surface area contributed by atoms with Crippen LogP contribution < -0.4 is 26.4 Å². The fraction of sp³-hybridized carbons (Fsp3) is 0.255. The average molecular weight is 1080 g/mol. The molecule has 0 saturated carbocycles. The number of benzene rings is 5. The predicted molar refractivity (Wildman–Crippen MR) is 216 cm³/mol. The van der Waals surface area contributed by atoms with E-state index >= 15 is 0 Å². The van der Waals surface area contributed by atoms with Crippen LogP contribution >= 0.6 is 0 Å². The number of alkyl halides is 24. The summed E-state index contributed by atoms with van der Waals surface area (Å²) in [5, 5.41) is 0. The zero-order valence-corrected chi connectivity index (χ0v) is 36.3.